The molecule has 2 bridgehead atoms. The van der Waals surface area contributed by atoms with E-state index >= 15 is 0 Å². The monoisotopic (exact) mass is 259 g/mol. The molecular weight excluding hydrogens is 249 g/mol. The van der Waals surface area contributed by atoms with Crippen molar-refractivity contribution in [1.29, 1.82) is 0 Å². The summed E-state index contributed by atoms with van der Waals surface area (Å²) in [7, 11) is 0. The van der Waals surface area contributed by atoms with Gasteiger partial charge in [0.2, 0.25) is 5.28 Å². The van der Waals surface area contributed by atoms with Gasteiger partial charge in [0.25, 0.3) is 0 Å². The zero-order chi connectivity index (χ0) is 11.3. The smallest absolute Gasteiger partial charge is 0.225 e. The Morgan fingerprint density at radius 2 is 2.19 bits per heavy atom. The van der Waals surface area contributed by atoms with Gasteiger partial charge in [-0.3, -0.25) is 0 Å². The Morgan fingerprint density at radius 1 is 1.38 bits per heavy atom. The van der Waals surface area contributed by atoms with Crippen molar-refractivity contribution in [2.45, 2.75) is 25.5 Å². The Bertz CT molecular complexity index is 440. The minimum absolute atomic E-state index is 0.203. The van der Waals surface area contributed by atoms with E-state index in [2.05, 4.69) is 14.9 Å². The van der Waals surface area contributed by atoms with Crippen LogP contribution in [0, 0.1) is 6.92 Å². The second kappa shape index (κ2) is 3.72. The van der Waals surface area contributed by atoms with Crippen LogP contribution in [-0.2, 0) is 4.74 Å². The highest BCUT2D eigenvalue weighted by Crippen LogP contribution is 2.35. The zero-order valence-electron chi connectivity index (χ0n) is 8.78. The fourth-order valence-corrected chi connectivity index (χ4v) is 2.76. The summed E-state index contributed by atoms with van der Waals surface area (Å²) < 4.78 is 5.55. The lowest BCUT2D eigenvalue weighted by molar-refractivity contribution is 0.0988. The molecule has 0 N–H and O–H groups in total. The van der Waals surface area contributed by atoms with Crippen LogP contribution < -0.4 is 4.90 Å². The van der Waals surface area contributed by atoms with E-state index in [9.17, 15) is 0 Å². The number of ether oxygens (including phenoxy) is 1. The van der Waals surface area contributed by atoms with E-state index in [0.29, 0.717) is 17.3 Å². The molecule has 0 amide bonds. The van der Waals surface area contributed by atoms with Gasteiger partial charge in [-0.25, -0.2) is 9.97 Å². The molecule has 4 nitrogen and oxygen atoms in total. The van der Waals surface area contributed by atoms with Gasteiger partial charge in [-0.1, -0.05) is 11.6 Å². The Kier molecular flexibility index (Phi) is 2.46. The van der Waals surface area contributed by atoms with Gasteiger partial charge in [0, 0.05) is 12.1 Å². The lowest BCUT2D eigenvalue weighted by Gasteiger charge is -2.29. The van der Waals surface area contributed by atoms with Crippen LogP contribution in [0.15, 0.2) is 0 Å². The first-order valence-electron chi connectivity index (χ1n) is 5.23. The molecule has 2 aliphatic rings. The number of hydrogen-bond acceptors (Lipinski definition) is 4. The van der Waals surface area contributed by atoms with Crippen molar-refractivity contribution < 1.29 is 4.74 Å². The Hall–Kier alpha value is -0.580. The van der Waals surface area contributed by atoms with E-state index in [1.165, 1.54) is 0 Å². The molecule has 0 aromatic carbocycles. The fraction of sp³-hybridized carbons (Fsp3) is 0.600. The molecule has 3 rings (SSSR count). The van der Waals surface area contributed by atoms with Gasteiger partial charge < -0.3 is 9.64 Å². The molecule has 2 fully saturated rings. The standard InChI is InChI=1S/C10H11Cl2N3O/c1-5-8(11)13-10(12)14-9(5)15-3-7-2-6(15)4-16-7/h6-7H,2-4H2,1H3/t6-,7-/m0/s1. The van der Waals surface area contributed by atoms with E-state index in [4.69, 9.17) is 27.9 Å². The number of rotatable bonds is 1. The second-order valence-electron chi connectivity index (χ2n) is 4.23. The second-order valence-corrected chi connectivity index (χ2v) is 4.93. The predicted octanol–water partition coefficient (Wildman–Crippen LogP) is 2.07. The molecule has 3 heterocycles. The summed E-state index contributed by atoms with van der Waals surface area (Å²) in [5, 5.41) is 0.632. The minimum atomic E-state index is 0.203. The van der Waals surface area contributed by atoms with Crippen molar-refractivity contribution in [3.8, 4) is 0 Å². The van der Waals surface area contributed by atoms with Crippen LogP contribution in [0.1, 0.15) is 12.0 Å². The van der Waals surface area contributed by atoms with Crippen molar-refractivity contribution >= 4 is 29.0 Å². The van der Waals surface area contributed by atoms with Crippen molar-refractivity contribution in [2.24, 2.45) is 0 Å². The molecular formula is C10H11Cl2N3O. The van der Waals surface area contributed by atoms with Crippen LogP contribution in [0.4, 0.5) is 5.82 Å². The summed E-state index contributed by atoms with van der Waals surface area (Å²) in [6.45, 7) is 3.55. The average molecular weight is 260 g/mol. The maximum atomic E-state index is 6.01. The SMILES string of the molecule is Cc1c(Cl)nc(Cl)nc1N1C[C@@H]2C[C@H]1CO2. The number of morpholine rings is 1. The molecule has 0 unspecified atom stereocenters. The molecule has 1 aromatic heterocycles. The fourth-order valence-electron chi connectivity index (χ4n) is 2.39. The first kappa shape index (κ1) is 10.6. The Labute approximate surface area is 104 Å². The number of aromatic nitrogens is 2. The van der Waals surface area contributed by atoms with Gasteiger partial charge >= 0.3 is 0 Å². The molecule has 2 saturated heterocycles. The zero-order valence-corrected chi connectivity index (χ0v) is 10.3. The summed E-state index contributed by atoms with van der Waals surface area (Å²) in [4.78, 5) is 10.4. The minimum Gasteiger partial charge on any atom is -0.374 e. The van der Waals surface area contributed by atoms with Gasteiger partial charge in [-0.05, 0) is 24.9 Å². The normalized spacial score (nSPS) is 27.8. The van der Waals surface area contributed by atoms with E-state index in [1.54, 1.807) is 0 Å². The van der Waals surface area contributed by atoms with Crippen molar-refractivity contribution in [3.63, 3.8) is 0 Å². The van der Waals surface area contributed by atoms with Gasteiger partial charge in [-0.15, -0.1) is 0 Å². The Balaban J connectivity index is 2.00. The quantitative estimate of drug-likeness (QED) is 0.572. The first-order valence-corrected chi connectivity index (χ1v) is 5.98. The average Bonchev–Trinajstić information content (AvgIpc) is 2.84. The first-order chi connectivity index (χ1) is 7.65. The summed E-state index contributed by atoms with van der Waals surface area (Å²) in [5.41, 5.74) is 0.888. The maximum Gasteiger partial charge on any atom is 0.225 e. The van der Waals surface area contributed by atoms with E-state index in [-0.39, 0.29) is 5.28 Å². The highest BCUT2D eigenvalue weighted by atomic mass is 35.5. The van der Waals surface area contributed by atoms with Crippen LogP contribution in [0.3, 0.4) is 0 Å². The number of halogens is 2. The van der Waals surface area contributed by atoms with Crippen molar-refractivity contribution in [2.75, 3.05) is 18.1 Å². The highest BCUT2D eigenvalue weighted by molar-refractivity contribution is 6.32. The van der Waals surface area contributed by atoms with Crippen LogP contribution in [0.2, 0.25) is 10.4 Å². The summed E-state index contributed by atoms with van der Waals surface area (Å²) in [6, 6.07) is 0.408. The number of hydrogen-bond donors (Lipinski definition) is 0. The van der Waals surface area contributed by atoms with Gasteiger partial charge in [0.15, 0.2) is 0 Å². The third-order valence-corrected chi connectivity index (χ3v) is 3.74. The molecule has 6 heteroatoms. The molecule has 0 aliphatic carbocycles. The molecule has 0 spiro atoms. The molecule has 86 valence electrons. The summed E-state index contributed by atoms with van der Waals surface area (Å²) in [5.74, 6) is 0.848. The van der Waals surface area contributed by atoms with Crippen molar-refractivity contribution in [1.82, 2.24) is 9.97 Å². The largest absolute Gasteiger partial charge is 0.374 e. The molecule has 1 aromatic rings. The summed E-state index contributed by atoms with van der Waals surface area (Å²) in [6.07, 6.45) is 1.40. The van der Waals surface area contributed by atoms with E-state index in [0.717, 1.165) is 31.0 Å². The number of nitrogens with zero attached hydrogens (tertiary/aromatic N) is 3. The van der Waals surface area contributed by atoms with Gasteiger partial charge in [-0.2, -0.15) is 0 Å². The van der Waals surface area contributed by atoms with Gasteiger partial charge in [0.05, 0.1) is 18.8 Å². The number of anilines is 1. The predicted molar refractivity (Wildman–Crippen MR) is 62.3 cm³/mol. The van der Waals surface area contributed by atoms with Crippen molar-refractivity contribution in [3.05, 3.63) is 16.0 Å². The summed E-state index contributed by atoms with van der Waals surface area (Å²) >= 11 is 11.8. The maximum absolute atomic E-state index is 6.01. The van der Waals surface area contributed by atoms with Crippen LogP contribution in [0.25, 0.3) is 0 Å². The highest BCUT2D eigenvalue weighted by Gasteiger charge is 2.40. The lowest BCUT2D eigenvalue weighted by atomic mass is 10.2. The van der Waals surface area contributed by atoms with Crippen LogP contribution >= 0.6 is 23.2 Å². The van der Waals surface area contributed by atoms with Crippen LogP contribution in [0.5, 0.6) is 0 Å². The molecule has 2 atom stereocenters. The van der Waals surface area contributed by atoms with Crippen LogP contribution in [-0.4, -0.2) is 35.3 Å². The van der Waals surface area contributed by atoms with E-state index in [1.807, 2.05) is 6.92 Å². The topological polar surface area (TPSA) is 38.2 Å². The molecule has 16 heavy (non-hydrogen) atoms. The van der Waals surface area contributed by atoms with Gasteiger partial charge in [0.1, 0.15) is 11.0 Å². The number of fused-ring (bicyclic) bond motifs is 2. The third kappa shape index (κ3) is 1.56. The lowest BCUT2D eigenvalue weighted by Crippen LogP contribution is -2.38. The van der Waals surface area contributed by atoms with E-state index < -0.39 is 0 Å². The Morgan fingerprint density at radius 3 is 2.81 bits per heavy atom. The molecule has 0 radical (unpaired) electrons. The third-order valence-electron chi connectivity index (χ3n) is 3.21. The molecule has 0 saturated carbocycles. The molecule has 2 aliphatic heterocycles.